The molecule has 0 amide bonds. The van der Waals surface area contributed by atoms with Gasteiger partial charge in [-0.25, -0.2) is 0 Å². The Balaban J connectivity index is 1.80. The van der Waals surface area contributed by atoms with E-state index in [-0.39, 0.29) is 0 Å². The summed E-state index contributed by atoms with van der Waals surface area (Å²) in [6.07, 6.45) is 3.72. The molecule has 0 atom stereocenters. The van der Waals surface area contributed by atoms with E-state index in [1.165, 1.54) is 0 Å². The highest BCUT2D eigenvalue weighted by molar-refractivity contribution is 6.31. The smallest absolute Gasteiger partial charge is 0.0987 e. The lowest BCUT2D eigenvalue weighted by atomic mass is 10.0. The van der Waals surface area contributed by atoms with Crippen molar-refractivity contribution in [2.24, 2.45) is 9.98 Å². The van der Waals surface area contributed by atoms with Crippen LogP contribution in [0.4, 0.5) is 0 Å². The minimum atomic E-state index is 0.719. The third kappa shape index (κ3) is 2.21. The van der Waals surface area contributed by atoms with Gasteiger partial charge in [0.15, 0.2) is 0 Å². The molecule has 2 nitrogen and oxygen atoms in total. The molecule has 0 bridgehead atoms. The summed E-state index contributed by atoms with van der Waals surface area (Å²) in [5.74, 6) is 0. The van der Waals surface area contributed by atoms with Gasteiger partial charge >= 0.3 is 0 Å². The van der Waals surface area contributed by atoms with E-state index < -0.39 is 0 Å². The summed E-state index contributed by atoms with van der Waals surface area (Å²) in [5.41, 5.74) is 5.98. The molecule has 106 valence electrons. The highest BCUT2D eigenvalue weighted by Gasteiger charge is 2.24. The standard InChI is InChI=1S/C18H10Cl2N2/c19-13-5-1-11(2-6-13)15-9-21-18-16(10-22-17(15)18)12-3-7-14(20)8-4-12/h1-10H. The van der Waals surface area contributed by atoms with Gasteiger partial charge in [-0.1, -0.05) is 47.5 Å². The van der Waals surface area contributed by atoms with E-state index in [4.69, 9.17) is 23.2 Å². The van der Waals surface area contributed by atoms with Crippen molar-refractivity contribution in [3.63, 3.8) is 0 Å². The van der Waals surface area contributed by atoms with Crippen LogP contribution in [0.5, 0.6) is 0 Å². The largest absolute Gasteiger partial charge is 0.253 e. The minimum absolute atomic E-state index is 0.719. The second-order valence-corrected chi connectivity index (χ2v) is 5.93. The number of nitrogens with zero attached hydrogens (tertiary/aromatic N) is 2. The van der Waals surface area contributed by atoms with Gasteiger partial charge in [-0.2, -0.15) is 0 Å². The van der Waals surface area contributed by atoms with E-state index in [9.17, 15) is 0 Å². The van der Waals surface area contributed by atoms with Gasteiger partial charge < -0.3 is 0 Å². The van der Waals surface area contributed by atoms with Crippen LogP contribution in [0.3, 0.4) is 0 Å². The summed E-state index contributed by atoms with van der Waals surface area (Å²) in [6, 6.07) is 15.4. The fourth-order valence-electron chi connectivity index (χ4n) is 2.58. The molecule has 0 unspecified atom stereocenters. The van der Waals surface area contributed by atoms with Gasteiger partial charge in [-0.05, 0) is 35.4 Å². The highest BCUT2D eigenvalue weighted by Crippen LogP contribution is 2.38. The Morgan fingerprint density at radius 3 is 1.27 bits per heavy atom. The van der Waals surface area contributed by atoms with Crippen LogP contribution < -0.4 is 0 Å². The third-order valence-electron chi connectivity index (χ3n) is 3.69. The first-order valence-corrected chi connectivity index (χ1v) is 7.57. The summed E-state index contributed by atoms with van der Waals surface area (Å²) in [6.45, 7) is 0. The number of aliphatic imine (C=N–C) groups is 2. The summed E-state index contributed by atoms with van der Waals surface area (Å²) < 4.78 is 0. The number of fused-ring (bicyclic) bond motifs is 1. The molecule has 4 rings (SSSR count). The van der Waals surface area contributed by atoms with Crippen LogP contribution in [0.15, 0.2) is 69.9 Å². The summed E-state index contributed by atoms with van der Waals surface area (Å²) in [7, 11) is 0. The molecule has 2 aliphatic rings. The van der Waals surface area contributed by atoms with Gasteiger partial charge in [0, 0.05) is 33.6 Å². The topological polar surface area (TPSA) is 24.7 Å². The molecule has 22 heavy (non-hydrogen) atoms. The second-order valence-electron chi connectivity index (χ2n) is 5.05. The quantitative estimate of drug-likeness (QED) is 0.717. The minimum Gasteiger partial charge on any atom is -0.253 e. The molecule has 2 aliphatic heterocycles. The Morgan fingerprint density at radius 1 is 0.545 bits per heavy atom. The molecular formula is C18H10Cl2N2. The molecule has 4 heteroatoms. The zero-order chi connectivity index (χ0) is 15.1. The molecule has 2 heterocycles. The zero-order valence-electron chi connectivity index (χ0n) is 11.4. The second kappa shape index (κ2) is 5.24. The van der Waals surface area contributed by atoms with Crippen molar-refractivity contribution in [3.05, 3.63) is 81.1 Å². The Morgan fingerprint density at radius 2 is 0.909 bits per heavy atom. The molecule has 2 aromatic carbocycles. The number of halogens is 2. The maximum absolute atomic E-state index is 5.95. The average Bonchev–Trinajstić information content (AvgIpc) is 3.11. The fraction of sp³-hybridized carbons (Fsp3) is 0. The van der Waals surface area contributed by atoms with E-state index in [1.54, 1.807) is 0 Å². The number of hydrogen-bond acceptors (Lipinski definition) is 2. The van der Waals surface area contributed by atoms with E-state index in [0.29, 0.717) is 0 Å². The van der Waals surface area contributed by atoms with Crippen LogP contribution in [-0.2, 0) is 0 Å². The molecule has 2 aromatic rings. The maximum atomic E-state index is 5.95. The molecule has 0 radical (unpaired) electrons. The van der Waals surface area contributed by atoms with Crippen LogP contribution in [-0.4, -0.2) is 12.4 Å². The number of hydrogen-bond donors (Lipinski definition) is 0. The lowest BCUT2D eigenvalue weighted by molar-refractivity contribution is 1.33. The van der Waals surface area contributed by atoms with Crippen molar-refractivity contribution in [2.75, 3.05) is 0 Å². The molecule has 0 aliphatic carbocycles. The predicted octanol–water partition coefficient (Wildman–Crippen LogP) is 5.28. The Hall–Kier alpha value is -2.16. The van der Waals surface area contributed by atoms with Gasteiger partial charge in [0.25, 0.3) is 0 Å². The van der Waals surface area contributed by atoms with Crippen LogP contribution in [0.2, 0.25) is 10.0 Å². The number of rotatable bonds is 2. The average molecular weight is 325 g/mol. The molecule has 0 fully saturated rings. The van der Waals surface area contributed by atoms with E-state index in [2.05, 4.69) is 9.98 Å². The van der Waals surface area contributed by atoms with E-state index >= 15 is 0 Å². The van der Waals surface area contributed by atoms with Gasteiger partial charge in [-0.3, -0.25) is 9.98 Å². The first-order chi connectivity index (χ1) is 10.7. The van der Waals surface area contributed by atoms with Crippen molar-refractivity contribution < 1.29 is 0 Å². The summed E-state index contributed by atoms with van der Waals surface area (Å²) >= 11 is 11.9. The van der Waals surface area contributed by atoms with E-state index in [0.717, 1.165) is 43.7 Å². The molecule has 0 N–H and O–H groups in total. The van der Waals surface area contributed by atoms with Crippen LogP contribution in [0.25, 0.3) is 11.1 Å². The van der Waals surface area contributed by atoms with Crippen LogP contribution in [0, 0.1) is 0 Å². The SMILES string of the molecule is Clc1ccc(C2=C3N=CC(c4ccc(Cl)cc4)=C3N=C2)cc1. The van der Waals surface area contributed by atoms with Gasteiger partial charge in [0.1, 0.15) is 0 Å². The Labute approximate surface area is 138 Å². The zero-order valence-corrected chi connectivity index (χ0v) is 12.9. The van der Waals surface area contributed by atoms with Gasteiger partial charge in [-0.15, -0.1) is 0 Å². The number of allylic oxidation sites excluding steroid dienone is 2. The molecular weight excluding hydrogens is 315 g/mol. The van der Waals surface area contributed by atoms with Crippen LogP contribution in [0.1, 0.15) is 11.1 Å². The number of benzene rings is 2. The van der Waals surface area contributed by atoms with Crippen molar-refractivity contribution in [3.8, 4) is 0 Å². The van der Waals surface area contributed by atoms with E-state index in [1.807, 2.05) is 61.0 Å². The third-order valence-corrected chi connectivity index (χ3v) is 4.19. The predicted molar refractivity (Wildman–Crippen MR) is 93.7 cm³/mol. The lowest BCUT2D eigenvalue weighted by Gasteiger charge is -2.02. The summed E-state index contributed by atoms with van der Waals surface area (Å²) in [5, 5.41) is 1.44. The fourth-order valence-corrected chi connectivity index (χ4v) is 2.83. The first-order valence-electron chi connectivity index (χ1n) is 6.81. The summed E-state index contributed by atoms with van der Waals surface area (Å²) in [4.78, 5) is 9.10. The molecule has 0 spiro atoms. The van der Waals surface area contributed by atoms with Gasteiger partial charge in [0.2, 0.25) is 0 Å². The lowest BCUT2D eigenvalue weighted by Crippen LogP contribution is -1.86. The normalized spacial score (nSPS) is 15.9. The van der Waals surface area contributed by atoms with Crippen molar-refractivity contribution in [1.82, 2.24) is 0 Å². The van der Waals surface area contributed by atoms with Crippen LogP contribution >= 0.6 is 23.2 Å². The molecule has 0 saturated carbocycles. The first kappa shape index (κ1) is 13.5. The highest BCUT2D eigenvalue weighted by atomic mass is 35.5. The van der Waals surface area contributed by atoms with Gasteiger partial charge in [0.05, 0.1) is 11.4 Å². The van der Waals surface area contributed by atoms with Crippen molar-refractivity contribution in [2.45, 2.75) is 0 Å². The monoisotopic (exact) mass is 324 g/mol. The Kier molecular flexibility index (Phi) is 3.21. The van der Waals surface area contributed by atoms with Crippen molar-refractivity contribution in [1.29, 1.82) is 0 Å². The maximum Gasteiger partial charge on any atom is 0.0987 e. The molecule has 0 aromatic heterocycles. The van der Waals surface area contributed by atoms with Crippen molar-refractivity contribution >= 4 is 46.8 Å². The molecule has 0 saturated heterocycles. The Bertz CT molecular complexity index is 795.